The van der Waals surface area contributed by atoms with Crippen LogP contribution in [0.2, 0.25) is 0 Å². The van der Waals surface area contributed by atoms with Crippen LogP contribution in [0.5, 0.6) is 0 Å². The van der Waals surface area contributed by atoms with Crippen molar-refractivity contribution in [3.63, 3.8) is 0 Å². The SMILES string of the molecule is CC/C(=N\Nc1ccccc1C(=O)O)c1ccccc1. The number of para-hydroxylation sites is 1. The smallest absolute Gasteiger partial charge is 0.337 e. The number of aromatic carboxylic acids is 1. The number of carboxylic acids is 1. The summed E-state index contributed by atoms with van der Waals surface area (Å²) >= 11 is 0. The maximum absolute atomic E-state index is 11.1. The normalized spacial score (nSPS) is 11.2. The number of hydrogen-bond acceptors (Lipinski definition) is 3. The summed E-state index contributed by atoms with van der Waals surface area (Å²) in [4.78, 5) is 11.1. The zero-order chi connectivity index (χ0) is 14.4. The maximum atomic E-state index is 11.1. The molecule has 0 unspecified atom stereocenters. The number of anilines is 1. The van der Waals surface area contributed by atoms with Gasteiger partial charge in [-0.1, -0.05) is 49.4 Å². The van der Waals surface area contributed by atoms with Gasteiger partial charge in [-0.3, -0.25) is 5.43 Å². The summed E-state index contributed by atoms with van der Waals surface area (Å²) in [5.74, 6) is -0.971. The molecule has 0 radical (unpaired) electrons. The first-order valence-corrected chi connectivity index (χ1v) is 6.42. The highest BCUT2D eigenvalue weighted by Gasteiger charge is 2.08. The molecule has 0 fully saturated rings. The van der Waals surface area contributed by atoms with Crippen molar-refractivity contribution in [2.24, 2.45) is 5.10 Å². The van der Waals surface area contributed by atoms with E-state index in [2.05, 4.69) is 10.5 Å². The molecule has 4 heteroatoms. The van der Waals surface area contributed by atoms with E-state index in [9.17, 15) is 4.79 Å². The monoisotopic (exact) mass is 268 g/mol. The van der Waals surface area contributed by atoms with Gasteiger partial charge in [-0.05, 0) is 24.1 Å². The van der Waals surface area contributed by atoms with Crippen molar-refractivity contribution < 1.29 is 9.90 Å². The molecule has 0 bridgehead atoms. The lowest BCUT2D eigenvalue weighted by Crippen LogP contribution is -2.06. The van der Waals surface area contributed by atoms with Crippen molar-refractivity contribution >= 4 is 17.4 Å². The molecule has 2 aromatic rings. The number of nitrogens with zero attached hydrogens (tertiary/aromatic N) is 1. The van der Waals surface area contributed by atoms with Gasteiger partial charge in [-0.2, -0.15) is 5.10 Å². The van der Waals surface area contributed by atoms with Gasteiger partial charge in [0.1, 0.15) is 0 Å². The van der Waals surface area contributed by atoms with Gasteiger partial charge in [0.25, 0.3) is 0 Å². The molecular formula is C16H16N2O2. The van der Waals surface area contributed by atoms with Crippen LogP contribution in [0.1, 0.15) is 29.3 Å². The third-order valence-electron chi connectivity index (χ3n) is 2.91. The summed E-state index contributed by atoms with van der Waals surface area (Å²) in [6, 6.07) is 16.5. The zero-order valence-corrected chi connectivity index (χ0v) is 11.2. The highest BCUT2D eigenvalue weighted by Crippen LogP contribution is 2.15. The quantitative estimate of drug-likeness (QED) is 0.643. The Labute approximate surface area is 117 Å². The fourth-order valence-corrected chi connectivity index (χ4v) is 1.87. The number of benzene rings is 2. The Morgan fingerprint density at radius 1 is 1.10 bits per heavy atom. The second-order valence-corrected chi connectivity index (χ2v) is 4.24. The number of nitrogens with one attached hydrogen (secondary N) is 1. The Hall–Kier alpha value is -2.62. The molecule has 0 heterocycles. The molecule has 0 aliphatic heterocycles. The summed E-state index contributed by atoms with van der Waals surface area (Å²) in [5, 5.41) is 13.4. The van der Waals surface area contributed by atoms with E-state index in [0.29, 0.717) is 5.69 Å². The topological polar surface area (TPSA) is 61.7 Å². The zero-order valence-electron chi connectivity index (χ0n) is 11.2. The molecule has 4 nitrogen and oxygen atoms in total. The van der Waals surface area contributed by atoms with E-state index in [0.717, 1.165) is 17.7 Å². The molecule has 20 heavy (non-hydrogen) atoms. The second-order valence-electron chi connectivity index (χ2n) is 4.24. The van der Waals surface area contributed by atoms with E-state index < -0.39 is 5.97 Å². The molecule has 0 saturated heterocycles. The highest BCUT2D eigenvalue weighted by atomic mass is 16.4. The standard InChI is InChI=1S/C16H16N2O2/c1-2-14(12-8-4-3-5-9-12)17-18-15-11-7-6-10-13(15)16(19)20/h3-11,18H,2H2,1H3,(H,19,20)/b17-14+. The molecule has 2 rings (SSSR count). The first kappa shape index (κ1) is 13.8. The average molecular weight is 268 g/mol. The third-order valence-corrected chi connectivity index (χ3v) is 2.91. The van der Waals surface area contributed by atoms with Gasteiger partial charge in [-0.25, -0.2) is 4.79 Å². The van der Waals surface area contributed by atoms with Crippen molar-refractivity contribution in [3.05, 3.63) is 65.7 Å². The number of hydrazone groups is 1. The molecule has 2 aromatic carbocycles. The summed E-state index contributed by atoms with van der Waals surface area (Å²) in [5.41, 5.74) is 5.45. The van der Waals surface area contributed by atoms with Crippen molar-refractivity contribution in [1.82, 2.24) is 0 Å². The van der Waals surface area contributed by atoms with Crippen LogP contribution in [0.25, 0.3) is 0 Å². The predicted molar refractivity (Wildman–Crippen MR) is 80.3 cm³/mol. The van der Waals surface area contributed by atoms with Gasteiger partial charge < -0.3 is 5.11 Å². The van der Waals surface area contributed by atoms with Crippen LogP contribution in [-0.2, 0) is 0 Å². The number of hydrogen-bond donors (Lipinski definition) is 2. The van der Waals surface area contributed by atoms with Crippen LogP contribution in [0.3, 0.4) is 0 Å². The summed E-state index contributed by atoms with van der Waals surface area (Å²) < 4.78 is 0. The molecule has 0 spiro atoms. The number of rotatable bonds is 5. The van der Waals surface area contributed by atoms with Crippen LogP contribution in [-0.4, -0.2) is 16.8 Å². The van der Waals surface area contributed by atoms with E-state index in [1.54, 1.807) is 24.3 Å². The van der Waals surface area contributed by atoms with Crippen LogP contribution in [0, 0.1) is 0 Å². The minimum absolute atomic E-state index is 0.208. The maximum Gasteiger partial charge on any atom is 0.337 e. The van der Waals surface area contributed by atoms with Crippen LogP contribution in [0.4, 0.5) is 5.69 Å². The third kappa shape index (κ3) is 3.23. The Balaban J connectivity index is 2.26. The van der Waals surface area contributed by atoms with Crippen molar-refractivity contribution in [1.29, 1.82) is 0 Å². The highest BCUT2D eigenvalue weighted by molar-refractivity contribution is 6.01. The molecule has 2 N–H and O–H groups in total. The average Bonchev–Trinajstić information content (AvgIpc) is 2.49. The summed E-state index contributed by atoms with van der Waals surface area (Å²) in [6.07, 6.45) is 0.756. The van der Waals surface area contributed by atoms with Crippen molar-refractivity contribution in [2.45, 2.75) is 13.3 Å². The first-order valence-electron chi connectivity index (χ1n) is 6.42. The Bertz CT molecular complexity index is 621. The fraction of sp³-hybridized carbons (Fsp3) is 0.125. The molecule has 102 valence electrons. The van der Waals surface area contributed by atoms with Gasteiger partial charge >= 0.3 is 5.97 Å². The number of carbonyl (C=O) groups is 1. The molecule has 0 aromatic heterocycles. The lowest BCUT2D eigenvalue weighted by atomic mass is 10.1. The minimum atomic E-state index is -0.971. The number of carboxylic acid groups (broad SMARTS) is 1. The van der Waals surface area contributed by atoms with Crippen LogP contribution in [0.15, 0.2) is 59.7 Å². The molecule has 0 amide bonds. The van der Waals surface area contributed by atoms with Crippen LogP contribution >= 0.6 is 0 Å². The summed E-state index contributed by atoms with van der Waals surface area (Å²) in [6.45, 7) is 2.01. The predicted octanol–water partition coefficient (Wildman–Crippen LogP) is 3.61. The van der Waals surface area contributed by atoms with Crippen LogP contribution < -0.4 is 5.43 Å². The molecule has 0 saturated carbocycles. The Kier molecular flexibility index (Phi) is 4.50. The molecule has 0 aliphatic rings. The largest absolute Gasteiger partial charge is 0.478 e. The molecule has 0 aliphatic carbocycles. The first-order chi connectivity index (χ1) is 9.72. The summed E-state index contributed by atoms with van der Waals surface area (Å²) in [7, 11) is 0. The lowest BCUT2D eigenvalue weighted by molar-refractivity contribution is 0.0698. The molecule has 0 atom stereocenters. The van der Waals surface area contributed by atoms with Crippen molar-refractivity contribution in [2.75, 3.05) is 5.43 Å². The van der Waals surface area contributed by atoms with E-state index in [1.165, 1.54) is 0 Å². The van der Waals surface area contributed by atoms with E-state index in [4.69, 9.17) is 5.11 Å². The second kappa shape index (κ2) is 6.52. The van der Waals surface area contributed by atoms with Crippen molar-refractivity contribution in [3.8, 4) is 0 Å². The van der Waals surface area contributed by atoms with Gasteiger partial charge in [-0.15, -0.1) is 0 Å². The van der Waals surface area contributed by atoms with Gasteiger partial charge in [0.15, 0.2) is 0 Å². The Morgan fingerprint density at radius 3 is 2.40 bits per heavy atom. The van der Waals surface area contributed by atoms with E-state index >= 15 is 0 Å². The lowest BCUT2D eigenvalue weighted by Gasteiger charge is -2.08. The van der Waals surface area contributed by atoms with E-state index in [-0.39, 0.29) is 5.56 Å². The Morgan fingerprint density at radius 2 is 1.75 bits per heavy atom. The van der Waals surface area contributed by atoms with Gasteiger partial charge in [0.05, 0.1) is 17.0 Å². The fourth-order valence-electron chi connectivity index (χ4n) is 1.87. The van der Waals surface area contributed by atoms with Gasteiger partial charge in [0.2, 0.25) is 0 Å². The van der Waals surface area contributed by atoms with E-state index in [1.807, 2.05) is 37.3 Å². The molecular weight excluding hydrogens is 252 g/mol. The van der Waals surface area contributed by atoms with Gasteiger partial charge in [0, 0.05) is 0 Å². The minimum Gasteiger partial charge on any atom is -0.478 e.